The van der Waals surface area contributed by atoms with Crippen molar-refractivity contribution in [3.8, 4) is 0 Å². The standard InChI is InChI=1S/C18H23N/c1-6-15-13(4)18(19-14(15)5)16(7-2)17-11-9-8-10-12(17)3/h7-11,16,19H,2,6H2,1,3-5H3. The average molecular weight is 253 g/mol. The largest absolute Gasteiger partial charge is 0.361 e. The molecule has 1 unspecified atom stereocenters. The second-order valence-corrected chi connectivity index (χ2v) is 5.19. The first kappa shape index (κ1) is 13.7. The number of hydrogen-bond acceptors (Lipinski definition) is 0. The zero-order chi connectivity index (χ0) is 14.0. The molecule has 2 rings (SSSR count). The predicted molar refractivity (Wildman–Crippen MR) is 82.9 cm³/mol. The molecule has 19 heavy (non-hydrogen) atoms. The summed E-state index contributed by atoms with van der Waals surface area (Å²) in [6, 6.07) is 8.55. The van der Waals surface area contributed by atoms with Gasteiger partial charge in [-0.1, -0.05) is 37.3 Å². The topological polar surface area (TPSA) is 15.8 Å². The summed E-state index contributed by atoms with van der Waals surface area (Å²) in [5.41, 5.74) is 8.05. The number of aryl methyl sites for hydroxylation is 2. The molecule has 1 atom stereocenters. The van der Waals surface area contributed by atoms with E-state index in [-0.39, 0.29) is 5.92 Å². The highest BCUT2D eigenvalue weighted by Gasteiger charge is 2.19. The number of rotatable bonds is 4. The molecular formula is C18H23N. The van der Waals surface area contributed by atoms with Gasteiger partial charge in [0.05, 0.1) is 0 Å². The van der Waals surface area contributed by atoms with Crippen molar-refractivity contribution in [2.24, 2.45) is 0 Å². The van der Waals surface area contributed by atoms with E-state index in [2.05, 4.69) is 63.5 Å². The third-order valence-corrected chi connectivity index (χ3v) is 4.06. The van der Waals surface area contributed by atoms with Gasteiger partial charge in [0.25, 0.3) is 0 Å². The molecule has 1 N–H and O–H groups in total. The van der Waals surface area contributed by atoms with Crippen LogP contribution in [0.3, 0.4) is 0 Å². The zero-order valence-corrected chi connectivity index (χ0v) is 12.4. The number of benzene rings is 1. The van der Waals surface area contributed by atoms with Crippen LogP contribution in [0, 0.1) is 20.8 Å². The lowest BCUT2D eigenvalue weighted by Gasteiger charge is -2.16. The second kappa shape index (κ2) is 5.48. The minimum atomic E-state index is 0.250. The van der Waals surface area contributed by atoms with Gasteiger partial charge in [-0.3, -0.25) is 0 Å². The first-order chi connectivity index (χ1) is 9.10. The number of aromatic amines is 1. The van der Waals surface area contributed by atoms with Gasteiger partial charge in [0.1, 0.15) is 0 Å². The van der Waals surface area contributed by atoms with Crippen LogP contribution < -0.4 is 0 Å². The molecule has 1 aromatic carbocycles. The van der Waals surface area contributed by atoms with Crippen LogP contribution in [0.5, 0.6) is 0 Å². The molecule has 0 fully saturated rings. The number of hydrogen-bond donors (Lipinski definition) is 1. The van der Waals surface area contributed by atoms with Crippen molar-refractivity contribution < 1.29 is 0 Å². The van der Waals surface area contributed by atoms with Crippen molar-refractivity contribution in [2.75, 3.05) is 0 Å². The third kappa shape index (κ3) is 2.37. The highest BCUT2D eigenvalue weighted by molar-refractivity contribution is 5.45. The van der Waals surface area contributed by atoms with Crippen molar-refractivity contribution in [3.05, 3.63) is 70.6 Å². The normalized spacial score (nSPS) is 12.4. The van der Waals surface area contributed by atoms with Crippen LogP contribution in [0.25, 0.3) is 0 Å². The van der Waals surface area contributed by atoms with Gasteiger partial charge in [0.15, 0.2) is 0 Å². The van der Waals surface area contributed by atoms with Crippen molar-refractivity contribution in [2.45, 2.75) is 40.0 Å². The molecule has 0 amide bonds. The van der Waals surface area contributed by atoms with E-state index in [1.54, 1.807) is 0 Å². The molecule has 0 aliphatic carbocycles. The Labute approximate surface area is 116 Å². The Kier molecular flexibility index (Phi) is 3.94. The monoisotopic (exact) mass is 253 g/mol. The fraction of sp³-hybridized carbons (Fsp3) is 0.333. The molecule has 1 heteroatoms. The Morgan fingerprint density at radius 1 is 1.21 bits per heavy atom. The van der Waals surface area contributed by atoms with Crippen molar-refractivity contribution >= 4 is 0 Å². The molecule has 0 aliphatic heterocycles. The van der Waals surface area contributed by atoms with E-state index in [1.165, 1.54) is 33.6 Å². The summed E-state index contributed by atoms with van der Waals surface area (Å²) in [6.45, 7) is 12.8. The van der Waals surface area contributed by atoms with Crippen LogP contribution in [0.1, 0.15) is 46.5 Å². The van der Waals surface area contributed by atoms with E-state index < -0.39 is 0 Å². The molecule has 0 aliphatic rings. The van der Waals surface area contributed by atoms with Gasteiger partial charge >= 0.3 is 0 Å². The van der Waals surface area contributed by atoms with Crippen molar-refractivity contribution in [1.29, 1.82) is 0 Å². The number of H-pyrrole nitrogens is 1. The highest BCUT2D eigenvalue weighted by atomic mass is 14.7. The van der Waals surface area contributed by atoms with Gasteiger partial charge in [0, 0.05) is 17.3 Å². The van der Waals surface area contributed by atoms with Gasteiger partial charge in [-0.25, -0.2) is 0 Å². The first-order valence-corrected chi connectivity index (χ1v) is 6.96. The SMILES string of the molecule is C=CC(c1ccccc1C)c1[nH]c(C)c(CC)c1C. The number of nitrogens with one attached hydrogen (secondary N) is 1. The van der Waals surface area contributed by atoms with Crippen LogP contribution in [0.15, 0.2) is 36.9 Å². The predicted octanol–water partition coefficient (Wildman–Crippen LogP) is 4.82. The second-order valence-electron chi connectivity index (χ2n) is 5.19. The molecular weight excluding hydrogens is 230 g/mol. The summed E-state index contributed by atoms with van der Waals surface area (Å²) in [5.74, 6) is 0.250. The molecule has 100 valence electrons. The smallest absolute Gasteiger partial charge is 0.0423 e. The van der Waals surface area contributed by atoms with E-state index in [9.17, 15) is 0 Å². The fourth-order valence-corrected chi connectivity index (χ4v) is 2.99. The molecule has 1 nitrogen and oxygen atoms in total. The first-order valence-electron chi connectivity index (χ1n) is 6.96. The maximum Gasteiger partial charge on any atom is 0.0423 e. The van der Waals surface area contributed by atoms with E-state index in [0.29, 0.717) is 0 Å². The maximum absolute atomic E-state index is 4.04. The van der Waals surface area contributed by atoms with Gasteiger partial charge in [-0.05, 0) is 49.4 Å². The average Bonchev–Trinajstić information content (AvgIpc) is 2.68. The Bertz CT molecular complexity index is 590. The molecule has 1 aromatic heterocycles. The number of aromatic nitrogens is 1. The van der Waals surface area contributed by atoms with Crippen LogP contribution in [-0.4, -0.2) is 4.98 Å². The summed E-state index contributed by atoms with van der Waals surface area (Å²) >= 11 is 0. The van der Waals surface area contributed by atoms with Crippen LogP contribution in [-0.2, 0) is 6.42 Å². The Hall–Kier alpha value is -1.76. The minimum absolute atomic E-state index is 0.250. The van der Waals surface area contributed by atoms with Gasteiger partial charge in [-0.2, -0.15) is 0 Å². The van der Waals surface area contributed by atoms with Crippen LogP contribution in [0.4, 0.5) is 0 Å². The van der Waals surface area contributed by atoms with Gasteiger partial charge in [-0.15, -0.1) is 6.58 Å². The lowest BCUT2D eigenvalue weighted by molar-refractivity contribution is 0.941. The van der Waals surface area contributed by atoms with E-state index in [4.69, 9.17) is 0 Å². The molecule has 1 heterocycles. The van der Waals surface area contributed by atoms with Crippen molar-refractivity contribution in [1.82, 2.24) is 4.98 Å². The molecule has 0 spiro atoms. The van der Waals surface area contributed by atoms with Crippen LogP contribution in [0.2, 0.25) is 0 Å². The molecule has 0 saturated carbocycles. The summed E-state index contributed by atoms with van der Waals surface area (Å²) in [5, 5.41) is 0. The highest BCUT2D eigenvalue weighted by Crippen LogP contribution is 2.32. The molecule has 0 bridgehead atoms. The van der Waals surface area contributed by atoms with Gasteiger partial charge < -0.3 is 4.98 Å². The number of allylic oxidation sites excluding steroid dienone is 1. The van der Waals surface area contributed by atoms with E-state index in [1.807, 2.05) is 6.08 Å². The molecule has 2 aromatic rings. The lowest BCUT2D eigenvalue weighted by atomic mass is 9.90. The lowest BCUT2D eigenvalue weighted by Crippen LogP contribution is -2.02. The van der Waals surface area contributed by atoms with Gasteiger partial charge in [0.2, 0.25) is 0 Å². The quantitative estimate of drug-likeness (QED) is 0.752. The van der Waals surface area contributed by atoms with E-state index >= 15 is 0 Å². The minimum Gasteiger partial charge on any atom is -0.361 e. The Balaban J connectivity index is 2.55. The summed E-state index contributed by atoms with van der Waals surface area (Å²) in [6.07, 6.45) is 3.12. The maximum atomic E-state index is 4.04. The zero-order valence-electron chi connectivity index (χ0n) is 12.4. The Morgan fingerprint density at radius 3 is 2.42 bits per heavy atom. The Morgan fingerprint density at radius 2 is 1.89 bits per heavy atom. The third-order valence-electron chi connectivity index (χ3n) is 4.06. The fourth-order valence-electron chi connectivity index (χ4n) is 2.99. The summed E-state index contributed by atoms with van der Waals surface area (Å²) in [7, 11) is 0. The summed E-state index contributed by atoms with van der Waals surface area (Å²) in [4.78, 5) is 3.57. The molecule has 0 saturated heterocycles. The summed E-state index contributed by atoms with van der Waals surface area (Å²) < 4.78 is 0. The van der Waals surface area contributed by atoms with Crippen molar-refractivity contribution in [3.63, 3.8) is 0 Å². The van der Waals surface area contributed by atoms with Crippen LogP contribution >= 0.6 is 0 Å². The molecule has 0 radical (unpaired) electrons. The van der Waals surface area contributed by atoms with E-state index in [0.717, 1.165) is 6.42 Å².